The summed E-state index contributed by atoms with van der Waals surface area (Å²) < 4.78 is 0. The van der Waals surface area contributed by atoms with E-state index in [1.165, 1.54) is 17.7 Å². The third-order valence-corrected chi connectivity index (χ3v) is 5.18. The summed E-state index contributed by atoms with van der Waals surface area (Å²) in [6, 6.07) is 5.59. The summed E-state index contributed by atoms with van der Waals surface area (Å²) in [7, 11) is 2.26. The SMILES string of the molecule is CCCNC(CCN(C)C(C)Cc1cccs1)C(C)(C)C. The summed E-state index contributed by atoms with van der Waals surface area (Å²) in [5.41, 5.74) is 0.326. The minimum Gasteiger partial charge on any atom is -0.313 e. The number of nitrogens with zero attached hydrogens (tertiary/aromatic N) is 1. The van der Waals surface area contributed by atoms with Crippen LogP contribution in [0.15, 0.2) is 17.5 Å². The quantitative estimate of drug-likeness (QED) is 0.726. The van der Waals surface area contributed by atoms with E-state index in [0.717, 1.165) is 19.5 Å². The molecule has 0 aliphatic rings. The molecule has 0 amide bonds. The average molecular weight is 311 g/mol. The van der Waals surface area contributed by atoms with Crippen LogP contribution in [0, 0.1) is 5.41 Å². The van der Waals surface area contributed by atoms with Gasteiger partial charge in [0.05, 0.1) is 0 Å². The second-order valence-corrected chi connectivity index (χ2v) is 8.31. The first-order chi connectivity index (χ1) is 9.84. The average Bonchev–Trinajstić information content (AvgIpc) is 2.89. The maximum absolute atomic E-state index is 3.72. The molecule has 0 fully saturated rings. The zero-order chi connectivity index (χ0) is 15.9. The van der Waals surface area contributed by atoms with Gasteiger partial charge in [-0.25, -0.2) is 0 Å². The predicted octanol–water partition coefficient (Wildman–Crippen LogP) is 4.42. The van der Waals surface area contributed by atoms with Crippen molar-refractivity contribution in [3.05, 3.63) is 22.4 Å². The summed E-state index contributed by atoms with van der Waals surface area (Å²) in [6.07, 6.45) is 3.59. The first kappa shape index (κ1) is 18.7. The van der Waals surface area contributed by atoms with E-state index in [9.17, 15) is 0 Å². The third-order valence-electron chi connectivity index (χ3n) is 4.29. The van der Waals surface area contributed by atoms with E-state index in [4.69, 9.17) is 0 Å². The van der Waals surface area contributed by atoms with Crippen LogP contribution >= 0.6 is 11.3 Å². The van der Waals surface area contributed by atoms with E-state index in [-0.39, 0.29) is 0 Å². The molecule has 2 nitrogen and oxygen atoms in total. The van der Waals surface area contributed by atoms with E-state index >= 15 is 0 Å². The maximum Gasteiger partial charge on any atom is 0.0128 e. The highest BCUT2D eigenvalue weighted by molar-refractivity contribution is 7.09. The van der Waals surface area contributed by atoms with Gasteiger partial charge >= 0.3 is 0 Å². The minimum absolute atomic E-state index is 0.326. The van der Waals surface area contributed by atoms with Gasteiger partial charge in [0.1, 0.15) is 0 Å². The van der Waals surface area contributed by atoms with Crippen molar-refractivity contribution in [2.24, 2.45) is 5.41 Å². The van der Waals surface area contributed by atoms with Crippen LogP contribution in [0.4, 0.5) is 0 Å². The van der Waals surface area contributed by atoms with Crippen molar-refractivity contribution >= 4 is 11.3 Å². The molecule has 1 heterocycles. The van der Waals surface area contributed by atoms with Gasteiger partial charge in [-0.1, -0.05) is 33.8 Å². The minimum atomic E-state index is 0.326. The van der Waals surface area contributed by atoms with Crippen molar-refractivity contribution in [1.82, 2.24) is 10.2 Å². The van der Waals surface area contributed by atoms with Crippen LogP contribution in [0.5, 0.6) is 0 Å². The molecule has 1 aromatic heterocycles. The summed E-state index contributed by atoms with van der Waals surface area (Å²) >= 11 is 1.87. The summed E-state index contributed by atoms with van der Waals surface area (Å²) in [4.78, 5) is 4.00. The lowest BCUT2D eigenvalue weighted by Gasteiger charge is -2.34. The zero-order valence-electron chi connectivity index (χ0n) is 14.8. The largest absolute Gasteiger partial charge is 0.313 e. The normalized spacial score (nSPS) is 15.4. The highest BCUT2D eigenvalue weighted by atomic mass is 32.1. The second kappa shape index (κ2) is 8.92. The highest BCUT2D eigenvalue weighted by Gasteiger charge is 2.24. The fourth-order valence-corrected chi connectivity index (χ4v) is 3.42. The van der Waals surface area contributed by atoms with Gasteiger partial charge in [0.15, 0.2) is 0 Å². The standard InChI is InChI=1S/C18H34N2S/c1-7-11-19-17(18(3,4)5)10-12-20(6)15(2)14-16-9-8-13-21-16/h8-9,13,15,17,19H,7,10-12,14H2,1-6H3. The molecule has 2 unspecified atom stereocenters. The zero-order valence-corrected chi connectivity index (χ0v) is 15.6. The van der Waals surface area contributed by atoms with Crippen LogP contribution in [0.3, 0.4) is 0 Å². The van der Waals surface area contributed by atoms with Gasteiger partial charge in [0, 0.05) is 17.0 Å². The molecular weight excluding hydrogens is 276 g/mol. The van der Waals surface area contributed by atoms with E-state index < -0.39 is 0 Å². The topological polar surface area (TPSA) is 15.3 Å². The van der Waals surface area contributed by atoms with Gasteiger partial charge in [-0.3, -0.25) is 0 Å². The van der Waals surface area contributed by atoms with E-state index in [1.54, 1.807) is 0 Å². The number of rotatable bonds is 9. The number of likely N-dealkylation sites (N-methyl/N-ethyl adjacent to an activating group) is 1. The Morgan fingerprint density at radius 3 is 2.57 bits per heavy atom. The third kappa shape index (κ3) is 6.94. The highest BCUT2D eigenvalue weighted by Crippen LogP contribution is 2.22. The summed E-state index contributed by atoms with van der Waals surface area (Å²) in [5.74, 6) is 0. The van der Waals surface area contributed by atoms with Gasteiger partial charge in [0.25, 0.3) is 0 Å². The van der Waals surface area contributed by atoms with E-state index in [2.05, 4.69) is 69.4 Å². The maximum atomic E-state index is 3.72. The van der Waals surface area contributed by atoms with Crippen LogP contribution in [0.25, 0.3) is 0 Å². The molecule has 0 saturated heterocycles. The van der Waals surface area contributed by atoms with Crippen molar-refractivity contribution in [1.29, 1.82) is 0 Å². The Labute approximate surface area is 135 Å². The smallest absolute Gasteiger partial charge is 0.0128 e. The summed E-state index contributed by atoms with van der Waals surface area (Å²) in [6.45, 7) is 13.9. The number of thiophene rings is 1. The van der Waals surface area contributed by atoms with Crippen LogP contribution in [0.2, 0.25) is 0 Å². The molecular formula is C18H34N2S. The van der Waals surface area contributed by atoms with Gasteiger partial charge in [-0.2, -0.15) is 0 Å². The number of hydrogen-bond acceptors (Lipinski definition) is 3. The van der Waals surface area contributed by atoms with Crippen LogP contribution in [-0.4, -0.2) is 37.1 Å². The van der Waals surface area contributed by atoms with Crippen molar-refractivity contribution in [2.45, 2.75) is 66.0 Å². The van der Waals surface area contributed by atoms with Crippen molar-refractivity contribution in [2.75, 3.05) is 20.1 Å². The molecule has 0 saturated carbocycles. The monoisotopic (exact) mass is 310 g/mol. The Morgan fingerprint density at radius 2 is 2.05 bits per heavy atom. The number of nitrogens with one attached hydrogen (secondary N) is 1. The Kier molecular flexibility index (Phi) is 7.93. The van der Waals surface area contributed by atoms with Gasteiger partial charge in [0.2, 0.25) is 0 Å². The fraction of sp³-hybridized carbons (Fsp3) is 0.778. The van der Waals surface area contributed by atoms with E-state index in [1.807, 2.05) is 11.3 Å². The van der Waals surface area contributed by atoms with Crippen LogP contribution in [0.1, 0.15) is 52.3 Å². The molecule has 0 radical (unpaired) electrons. The van der Waals surface area contributed by atoms with Crippen molar-refractivity contribution < 1.29 is 0 Å². The lowest BCUT2D eigenvalue weighted by Crippen LogP contribution is -2.44. The van der Waals surface area contributed by atoms with Gasteiger partial charge in [-0.15, -0.1) is 11.3 Å². The molecule has 0 bridgehead atoms. The van der Waals surface area contributed by atoms with E-state index in [0.29, 0.717) is 17.5 Å². The van der Waals surface area contributed by atoms with Crippen LogP contribution in [-0.2, 0) is 6.42 Å². The first-order valence-electron chi connectivity index (χ1n) is 8.30. The predicted molar refractivity (Wildman–Crippen MR) is 96.3 cm³/mol. The van der Waals surface area contributed by atoms with Crippen LogP contribution < -0.4 is 5.32 Å². The fourth-order valence-electron chi connectivity index (χ4n) is 2.59. The van der Waals surface area contributed by atoms with Gasteiger partial charge < -0.3 is 10.2 Å². The molecule has 0 spiro atoms. The first-order valence-corrected chi connectivity index (χ1v) is 9.18. The second-order valence-electron chi connectivity index (χ2n) is 7.27. The molecule has 0 aliphatic carbocycles. The molecule has 0 aromatic carbocycles. The molecule has 1 rings (SSSR count). The van der Waals surface area contributed by atoms with Crippen molar-refractivity contribution in [3.8, 4) is 0 Å². The van der Waals surface area contributed by atoms with Crippen molar-refractivity contribution in [3.63, 3.8) is 0 Å². The summed E-state index contributed by atoms with van der Waals surface area (Å²) in [5, 5.41) is 5.90. The molecule has 2 atom stereocenters. The lowest BCUT2D eigenvalue weighted by atomic mass is 9.84. The molecule has 1 aromatic rings. The Balaban J connectivity index is 2.42. The number of hydrogen-bond donors (Lipinski definition) is 1. The van der Waals surface area contributed by atoms with Gasteiger partial charge in [-0.05, 0) is 63.2 Å². The molecule has 0 aliphatic heterocycles. The lowest BCUT2D eigenvalue weighted by molar-refractivity contribution is 0.197. The Bertz CT molecular complexity index is 367. The Morgan fingerprint density at radius 1 is 1.33 bits per heavy atom. The Hall–Kier alpha value is -0.380. The molecule has 3 heteroatoms. The molecule has 122 valence electrons. The molecule has 21 heavy (non-hydrogen) atoms. The molecule has 1 N–H and O–H groups in total.